The molecule has 0 saturated carbocycles. The molecule has 1 N–H and O–H groups in total. The lowest BCUT2D eigenvalue weighted by Gasteiger charge is -2.36. The first-order valence-electron chi connectivity index (χ1n) is 6.83. The second kappa shape index (κ2) is 6.11. The van der Waals surface area contributed by atoms with Crippen LogP contribution in [0.25, 0.3) is 0 Å². The zero-order chi connectivity index (χ0) is 15.6. The van der Waals surface area contributed by atoms with Crippen molar-refractivity contribution in [1.29, 1.82) is 0 Å². The maximum absolute atomic E-state index is 12.3. The van der Waals surface area contributed by atoms with Crippen LogP contribution < -0.4 is 0 Å². The average molecular weight is 306 g/mol. The summed E-state index contributed by atoms with van der Waals surface area (Å²) in [5.74, 6) is -3.64. The maximum Gasteiger partial charge on any atom is 0.324 e. The number of esters is 1. The standard InChI is InChI=1S/C13H22O6S/c1-4-9(3)13(11(14)15,12(16)19-5-2)10-6-7-20(17,18)8-10/h9-10H,4-8H2,1-3H3,(H,14,15). The minimum Gasteiger partial charge on any atom is -0.480 e. The summed E-state index contributed by atoms with van der Waals surface area (Å²) in [6.45, 7) is 5.12. The van der Waals surface area contributed by atoms with E-state index in [-0.39, 0.29) is 24.5 Å². The van der Waals surface area contributed by atoms with E-state index in [0.29, 0.717) is 6.42 Å². The van der Waals surface area contributed by atoms with Crippen molar-refractivity contribution in [2.45, 2.75) is 33.6 Å². The van der Waals surface area contributed by atoms with Crippen molar-refractivity contribution in [3.63, 3.8) is 0 Å². The Kier molecular flexibility index (Phi) is 5.18. The molecular weight excluding hydrogens is 284 g/mol. The first-order chi connectivity index (χ1) is 9.22. The van der Waals surface area contributed by atoms with Crippen molar-refractivity contribution in [3.05, 3.63) is 0 Å². The number of rotatable bonds is 6. The van der Waals surface area contributed by atoms with Gasteiger partial charge in [0.05, 0.1) is 18.1 Å². The van der Waals surface area contributed by atoms with Crippen LogP contribution in [0.15, 0.2) is 0 Å². The second-order valence-corrected chi connectivity index (χ2v) is 7.53. The Morgan fingerprint density at radius 1 is 1.40 bits per heavy atom. The van der Waals surface area contributed by atoms with E-state index in [1.807, 2.05) is 0 Å². The molecule has 3 atom stereocenters. The molecule has 0 amide bonds. The molecule has 20 heavy (non-hydrogen) atoms. The summed E-state index contributed by atoms with van der Waals surface area (Å²) in [5, 5.41) is 9.66. The predicted octanol–water partition coefficient (Wildman–Crippen LogP) is 1.10. The highest BCUT2D eigenvalue weighted by Crippen LogP contribution is 2.44. The molecular formula is C13H22O6S. The number of ether oxygens (including phenoxy) is 1. The van der Waals surface area contributed by atoms with Crippen LogP contribution in [-0.2, 0) is 24.2 Å². The van der Waals surface area contributed by atoms with Crippen molar-refractivity contribution in [1.82, 2.24) is 0 Å². The number of carbonyl (C=O) groups excluding carboxylic acids is 1. The van der Waals surface area contributed by atoms with Crippen molar-refractivity contribution in [2.75, 3.05) is 18.1 Å². The molecule has 0 aromatic rings. The van der Waals surface area contributed by atoms with Crippen LogP contribution in [0, 0.1) is 17.3 Å². The van der Waals surface area contributed by atoms with E-state index < -0.39 is 39.0 Å². The fraction of sp³-hybridized carbons (Fsp3) is 0.846. The van der Waals surface area contributed by atoms with E-state index >= 15 is 0 Å². The lowest BCUT2D eigenvalue weighted by molar-refractivity contribution is -0.177. The first-order valence-corrected chi connectivity index (χ1v) is 8.65. The molecule has 0 aromatic heterocycles. The molecule has 1 heterocycles. The molecule has 0 aromatic carbocycles. The molecule has 116 valence electrons. The number of carbonyl (C=O) groups is 2. The van der Waals surface area contributed by atoms with Crippen LogP contribution in [0.1, 0.15) is 33.6 Å². The number of carboxylic acid groups (broad SMARTS) is 1. The average Bonchev–Trinajstić information content (AvgIpc) is 2.70. The van der Waals surface area contributed by atoms with Gasteiger partial charge in [-0.3, -0.25) is 9.59 Å². The molecule has 7 heteroatoms. The quantitative estimate of drug-likeness (QED) is 0.583. The van der Waals surface area contributed by atoms with Crippen LogP contribution in [0.5, 0.6) is 0 Å². The number of hydrogen-bond donors (Lipinski definition) is 1. The van der Waals surface area contributed by atoms with E-state index in [4.69, 9.17) is 4.74 Å². The smallest absolute Gasteiger partial charge is 0.324 e. The summed E-state index contributed by atoms with van der Waals surface area (Å²) in [4.78, 5) is 24.1. The molecule has 0 radical (unpaired) electrons. The van der Waals surface area contributed by atoms with Gasteiger partial charge in [0.15, 0.2) is 15.3 Å². The Bertz CT molecular complexity index is 483. The van der Waals surface area contributed by atoms with Crippen molar-refractivity contribution in [3.8, 4) is 0 Å². The topological polar surface area (TPSA) is 97.7 Å². The number of aliphatic carboxylic acids is 1. The van der Waals surface area contributed by atoms with Crippen LogP contribution in [0.4, 0.5) is 0 Å². The van der Waals surface area contributed by atoms with Gasteiger partial charge in [-0.05, 0) is 19.3 Å². The first kappa shape index (κ1) is 16.9. The highest BCUT2D eigenvalue weighted by molar-refractivity contribution is 7.91. The summed E-state index contributed by atoms with van der Waals surface area (Å²) in [5.41, 5.74) is -1.77. The maximum atomic E-state index is 12.3. The molecule has 1 aliphatic heterocycles. The summed E-state index contributed by atoms with van der Waals surface area (Å²) in [6, 6.07) is 0. The summed E-state index contributed by atoms with van der Waals surface area (Å²) in [6.07, 6.45) is 0.652. The fourth-order valence-electron chi connectivity index (χ4n) is 2.97. The molecule has 3 unspecified atom stereocenters. The Morgan fingerprint density at radius 2 is 2.00 bits per heavy atom. The van der Waals surface area contributed by atoms with Crippen LogP contribution in [0.2, 0.25) is 0 Å². The predicted molar refractivity (Wildman–Crippen MR) is 72.9 cm³/mol. The number of carboxylic acids is 1. The Labute approximate surface area is 119 Å². The second-order valence-electron chi connectivity index (χ2n) is 5.30. The van der Waals surface area contributed by atoms with Gasteiger partial charge in [0.1, 0.15) is 0 Å². The van der Waals surface area contributed by atoms with Crippen LogP contribution >= 0.6 is 0 Å². The third-order valence-electron chi connectivity index (χ3n) is 4.23. The minimum atomic E-state index is -3.27. The van der Waals surface area contributed by atoms with Crippen LogP contribution in [-0.4, -0.2) is 43.6 Å². The third kappa shape index (κ3) is 2.82. The van der Waals surface area contributed by atoms with E-state index in [2.05, 4.69) is 0 Å². The third-order valence-corrected chi connectivity index (χ3v) is 6.00. The Hall–Kier alpha value is -1.11. The van der Waals surface area contributed by atoms with Crippen molar-refractivity contribution < 1.29 is 27.9 Å². The normalized spacial score (nSPS) is 25.6. The molecule has 1 fully saturated rings. The summed E-state index contributed by atoms with van der Waals surface area (Å²) < 4.78 is 28.3. The molecule has 0 aliphatic carbocycles. The van der Waals surface area contributed by atoms with Gasteiger partial charge in [0.2, 0.25) is 0 Å². The van der Waals surface area contributed by atoms with Gasteiger partial charge >= 0.3 is 11.9 Å². The molecule has 1 saturated heterocycles. The van der Waals surface area contributed by atoms with Gasteiger partial charge in [0.25, 0.3) is 0 Å². The largest absolute Gasteiger partial charge is 0.480 e. The lowest BCUT2D eigenvalue weighted by Crippen LogP contribution is -2.51. The van der Waals surface area contributed by atoms with Gasteiger partial charge in [0, 0.05) is 5.92 Å². The zero-order valence-electron chi connectivity index (χ0n) is 12.1. The number of hydrogen-bond acceptors (Lipinski definition) is 5. The zero-order valence-corrected chi connectivity index (χ0v) is 12.9. The molecule has 6 nitrogen and oxygen atoms in total. The minimum absolute atomic E-state index is 0.0669. The SMILES string of the molecule is CCOC(=O)C(C(=O)O)(C(C)CC)C1CCS(=O)(=O)C1. The van der Waals surface area contributed by atoms with Crippen LogP contribution in [0.3, 0.4) is 0 Å². The highest BCUT2D eigenvalue weighted by atomic mass is 32.2. The lowest BCUT2D eigenvalue weighted by atomic mass is 9.65. The van der Waals surface area contributed by atoms with Gasteiger partial charge in [-0.2, -0.15) is 0 Å². The monoisotopic (exact) mass is 306 g/mol. The molecule has 0 spiro atoms. The summed E-state index contributed by atoms with van der Waals surface area (Å²) in [7, 11) is -3.27. The van der Waals surface area contributed by atoms with E-state index in [0.717, 1.165) is 0 Å². The van der Waals surface area contributed by atoms with E-state index in [9.17, 15) is 23.1 Å². The molecule has 0 bridgehead atoms. The highest BCUT2D eigenvalue weighted by Gasteiger charge is 2.59. The molecule has 1 rings (SSSR count). The Morgan fingerprint density at radius 3 is 2.35 bits per heavy atom. The van der Waals surface area contributed by atoms with Crippen molar-refractivity contribution >= 4 is 21.8 Å². The van der Waals surface area contributed by atoms with Gasteiger partial charge in [-0.25, -0.2) is 8.42 Å². The summed E-state index contributed by atoms with van der Waals surface area (Å²) >= 11 is 0. The van der Waals surface area contributed by atoms with E-state index in [1.165, 1.54) is 0 Å². The van der Waals surface area contributed by atoms with E-state index in [1.54, 1.807) is 20.8 Å². The van der Waals surface area contributed by atoms with Gasteiger partial charge in [-0.15, -0.1) is 0 Å². The number of sulfone groups is 1. The van der Waals surface area contributed by atoms with Gasteiger partial charge in [-0.1, -0.05) is 20.3 Å². The van der Waals surface area contributed by atoms with Gasteiger partial charge < -0.3 is 9.84 Å². The molecule has 1 aliphatic rings. The van der Waals surface area contributed by atoms with Crippen molar-refractivity contribution in [2.24, 2.45) is 17.3 Å². The fourth-order valence-corrected chi connectivity index (χ4v) is 4.82. The Balaban J connectivity index is 3.31.